The van der Waals surface area contributed by atoms with E-state index in [9.17, 15) is 24.6 Å². The van der Waals surface area contributed by atoms with Gasteiger partial charge in [-0.05, 0) is 29.8 Å². The maximum atomic E-state index is 13.7. The number of nitrogens with zero attached hydrogens (tertiary/aromatic N) is 3. The minimum absolute atomic E-state index is 0.117. The van der Waals surface area contributed by atoms with E-state index in [1.54, 1.807) is 29.1 Å². The van der Waals surface area contributed by atoms with Crippen LogP contribution in [0.3, 0.4) is 0 Å². The van der Waals surface area contributed by atoms with E-state index in [1.807, 2.05) is 53.1 Å². The number of carbonyl (C=O) groups is 3. The summed E-state index contributed by atoms with van der Waals surface area (Å²) >= 11 is 0. The lowest BCUT2D eigenvalue weighted by molar-refractivity contribution is -0.156. The molecule has 4 N–H and O–H groups in total. The molecule has 2 atom stereocenters. The molecule has 0 radical (unpaired) electrons. The molecule has 41 heavy (non-hydrogen) atoms. The van der Waals surface area contributed by atoms with Crippen molar-refractivity contribution < 1.29 is 24.6 Å². The van der Waals surface area contributed by atoms with E-state index in [0.29, 0.717) is 43.8 Å². The molecule has 3 amide bonds. The number of fused-ring (bicyclic) bond motifs is 9. The van der Waals surface area contributed by atoms with E-state index in [2.05, 4.69) is 15.6 Å². The molecule has 10 nitrogen and oxygen atoms in total. The van der Waals surface area contributed by atoms with Crippen LogP contribution in [0.15, 0.2) is 73.1 Å². The number of rotatable bonds is 3. The Balaban J connectivity index is 1.46. The fourth-order valence-corrected chi connectivity index (χ4v) is 6.62. The van der Waals surface area contributed by atoms with Gasteiger partial charge in [0.1, 0.15) is 6.10 Å². The van der Waals surface area contributed by atoms with Gasteiger partial charge in [0.2, 0.25) is 0 Å². The highest BCUT2D eigenvalue weighted by Gasteiger charge is 2.47. The van der Waals surface area contributed by atoms with Gasteiger partial charge in [0.05, 0.1) is 35.2 Å². The Morgan fingerprint density at radius 1 is 0.902 bits per heavy atom. The van der Waals surface area contributed by atoms with Gasteiger partial charge in [-0.3, -0.25) is 24.7 Å². The molecule has 2 aliphatic heterocycles. The van der Waals surface area contributed by atoms with Gasteiger partial charge < -0.3 is 24.7 Å². The van der Waals surface area contributed by atoms with E-state index in [1.165, 1.54) is 0 Å². The molecule has 0 fully saturated rings. The number of imide groups is 1. The summed E-state index contributed by atoms with van der Waals surface area (Å²) in [5, 5.41) is 31.6. The van der Waals surface area contributed by atoms with Crippen molar-refractivity contribution in [2.75, 3.05) is 0 Å². The van der Waals surface area contributed by atoms with E-state index in [-0.39, 0.29) is 25.2 Å². The number of carbonyl (C=O) groups excluding carboxylic acids is 3. The molecular weight excluding hydrogens is 522 g/mol. The van der Waals surface area contributed by atoms with Gasteiger partial charge in [-0.1, -0.05) is 36.4 Å². The van der Waals surface area contributed by atoms with Gasteiger partial charge in [-0.15, -0.1) is 0 Å². The summed E-state index contributed by atoms with van der Waals surface area (Å²) < 4.78 is 3.65. The quantitative estimate of drug-likeness (QED) is 0.252. The minimum atomic E-state index is -2.23. The van der Waals surface area contributed by atoms with Gasteiger partial charge in [-0.2, -0.15) is 0 Å². The van der Waals surface area contributed by atoms with Gasteiger partial charge >= 0.3 is 0 Å². The standard InChI is InChI=1S/C31H23N5O5/c37-21-14-35-19-7-3-1-5-17(19)22-24-25(29(39)34-28(24)38)23-18-6-2-4-8-20(18)36(27(23)26(22)35)15-31(21,41)30(40)33-13-16-9-11-32-12-10-16/h1-12,21,37,41H,13-15H2,(H,33,40)(H,34,38,39). The van der Waals surface area contributed by atoms with Gasteiger partial charge in [0.15, 0.2) is 5.60 Å². The zero-order valence-electron chi connectivity index (χ0n) is 21.6. The molecule has 0 spiro atoms. The van der Waals surface area contributed by atoms with Crippen molar-refractivity contribution in [2.24, 2.45) is 0 Å². The molecule has 0 bridgehead atoms. The first-order chi connectivity index (χ1) is 19.9. The summed E-state index contributed by atoms with van der Waals surface area (Å²) in [5.41, 5.74) is 1.80. The molecule has 3 aromatic carbocycles. The number of pyridine rings is 1. The van der Waals surface area contributed by atoms with Gasteiger partial charge in [-0.25, -0.2) is 0 Å². The van der Waals surface area contributed by atoms with Gasteiger partial charge in [0.25, 0.3) is 17.7 Å². The van der Waals surface area contributed by atoms with Crippen LogP contribution in [0.4, 0.5) is 0 Å². The third kappa shape index (κ3) is 3.08. The van der Waals surface area contributed by atoms with E-state index >= 15 is 0 Å². The molecule has 5 heterocycles. The average Bonchev–Trinajstić information content (AvgIpc) is 3.58. The van der Waals surface area contributed by atoms with Crippen molar-refractivity contribution >= 4 is 61.3 Å². The summed E-state index contributed by atoms with van der Waals surface area (Å²) in [4.78, 5) is 44.3. The summed E-state index contributed by atoms with van der Waals surface area (Å²) in [5.74, 6) is -1.68. The molecule has 202 valence electrons. The number of benzene rings is 3. The lowest BCUT2D eigenvalue weighted by Gasteiger charge is -2.34. The molecule has 6 aromatic rings. The fourth-order valence-electron chi connectivity index (χ4n) is 6.62. The normalized spacial score (nSPS) is 20.1. The van der Waals surface area contributed by atoms with Crippen LogP contribution in [0.1, 0.15) is 26.3 Å². The number of amides is 3. The van der Waals surface area contributed by atoms with Crippen LogP contribution in [0.5, 0.6) is 0 Å². The smallest absolute Gasteiger partial charge is 0.259 e. The van der Waals surface area contributed by atoms with E-state index in [0.717, 1.165) is 10.9 Å². The summed E-state index contributed by atoms with van der Waals surface area (Å²) in [7, 11) is 0. The summed E-state index contributed by atoms with van der Waals surface area (Å²) in [6.45, 7) is -0.249. The van der Waals surface area contributed by atoms with Crippen molar-refractivity contribution in [3.63, 3.8) is 0 Å². The van der Waals surface area contributed by atoms with Crippen LogP contribution >= 0.6 is 0 Å². The summed E-state index contributed by atoms with van der Waals surface area (Å²) in [6.07, 6.45) is 1.72. The number of nitrogens with one attached hydrogen (secondary N) is 2. The highest BCUT2D eigenvalue weighted by atomic mass is 16.4. The lowest BCUT2D eigenvalue weighted by Crippen LogP contribution is -2.58. The second-order valence-electron chi connectivity index (χ2n) is 10.7. The van der Waals surface area contributed by atoms with Crippen molar-refractivity contribution in [1.29, 1.82) is 0 Å². The monoisotopic (exact) mass is 545 g/mol. The SMILES string of the molecule is O=C1NC(=O)c2c1c1c3ccccc3n3c1c1c2c2ccccc2n1CC(O)(C(=O)NCc1ccncc1)C(O)C3. The van der Waals surface area contributed by atoms with Crippen LogP contribution in [-0.2, 0) is 24.4 Å². The first kappa shape index (κ1) is 23.8. The third-order valence-electron chi connectivity index (χ3n) is 8.50. The Bertz CT molecular complexity index is 2130. The maximum Gasteiger partial charge on any atom is 0.259 e. The van der Waals surface area contributed by atoms with Crippen LogP contribution in [0, 0.1) is 0 Å². The molecule has 10 heteroatoms. The number of para-hydroxylation sites is 2. The summed E-state index contributed by atoms with van der Waals surface area (Å²) in [6, 6.07) is 18.3. The number of aliphatic hydroxyl groups excluding tert-OH is 1. The highest BCUT2D eigenvalue weighted by Crippen LogP contribution is 2.46. The zero-order chi connectivity index (χ0) is 28.0. The van der Waals surface area contributed by atoms with Crippen molar-refractivity contribution in [2.45, 2.75) is 31.3 Å². The maximum absolute atomic E-state index is 13.7. The molecule has 8 rings (SSSR count). The second kappa shape index (κ2) is 8.23. The molecule has 0 saturated carbocycles. The lowest BCUT2D eigenvalue weighted by atomic mass is 9.93. The third-order valence-corrected chi connectivity index (χ3v) is 8.50. The Morgan fingerprint density at radius 2 is 1.46 bits per heavy atom. The molecular formula is C31H23N5O5. The fraction of sp³-hybridized carbons (Fsp3) is 0.161. The number of hydrogen-bond acceptors (Lipinski definition) is 6. The molecule has 0 aliphatic carbocycles. The Hall–Kier alpha value is -5.06. The topological polar surface area (TPSA) is 138 Å². The van der Waals surface area contributed by atoms with Crippen molar-refractivity contribution in [1.82, 2.24) is 24.8 Å². The Morgan fingerprint density at radius 3 is 2.10 bits per heavy atom. The first-order valence-electron chi connectivity index (χ1n) is 13.3. The van der Waals surface area contributed by atoms with Crippen LogP contribution in [0.2, 0.25) is 0 Å². The van der Waals surface area contributed by atoms with Crippen LogP contribution < -0.4 is 10.6 Å². The minimum Gasteiger partial charge on any atom is -0.388 e. The molecule has 0 saturated heterocycles. The predicted octanol–water partition coefficient (Wildman–Crippen LogP) is 2.60. The molecule has 2 aliphatic rings. The first-order valence-corrected chi connectivity index (χ1v) is 13.3. The van der Waals surface area contributed by atoms with E-state index < -0.39 is 29.4 Å². The van der Waals surface area contributed by atoms with Crippen molar-refractivity contribution in [3.8, 4) is 0 Å². The zero-order valence-corrected chi connectivity index (χ0v) is 21.6. The second-order valence-corrected chi connectivity index (χ2v) is 10.7. The molecule has 3 aromatic heterocycles. The number of aliphatic hydroxyl groups is 2. The van der Waals surface area contributed by atoms with E-state index in [4.69, 9.17) is 0 Å². The average molecular weight is 546 g/mol. The Labute approximate surface area is 231 Å². The molecule has 2 unspecified atom stereocenters. The number of aromatic nitrogens is 3. The highest BCUT2D eigenvalue weighted by molar-refractivity contribution is 6.39. The van der Waals surface area contributed by atoms with Crippen LogP contribution in [-0.4, -0.2) is 53.8 Å². The predicted molar refractivity (Wildman–Crippen MR) is 151 cm³/mol. The van der Waals surface area contributed by atoms with Crippen molar-refractivity contribution in [3.05, 3.63) is 89.7 Å². The number of hydrogen-bond donors (Lipinski definition) is 4. The Kier molecular flexibility index (Phi) is 4.78. The van der Waals surface area contributed by atoms with Crippen LogP contribution in [0.25, 0.3) is 43.6 Å². The largest absolute Gasteiger partial charge is 0.388 e. The van der Waals surface area contributed by atoms with Gasteiger partial charge in [0, 0.05) is 51.5 Å².